The van der Waals surface area contributed by atoms with Crippen LogP contribution in [-0.4, -0.2) is 6.29 Å². The molecule has 0 aliphatic rings. The van der Waals surface area contributed by atoms with Crippen molar-refractivity contribution in [2.45, 2.75) is 13.3 Å². The van der Waals surface area contributed by atoms with Gasteiger partial charge in [0.15, 0.2) is 6.29 Å². The van der Waals surface area contributed by atoms with Gasteiger partial charge in [0.2, 0.25) is 0 Å². The summed E-state index contributed by atoms with van der Waals surface area (Å²) in [5.74, 6) is 0. The third-order valence-corrected chi connectivity index (χ3v) is 3.44. The first-order valence-electron chi connectivity index (χ1n) is 4.88. The number of aldehydes is 1. The van der Waals surface area contributed by atoms with Crippen molar-refractivity contribution in [2.24, 2.45) is 0 Å². The van der Waals surface area contributed by atoms with Crippen molar-refractivity contribution < 1.29 is 4.79 Å². The van der Waals surface area contributed by atoms with Crippen molar-refractivity contribution in [3.63, 3.8) is 0 Å². The number of benzene rings is 1. The zero-order chi connectivity index (χ0) is 10.7. The Balaban J connectivity index is 2.22. The van der Waals surface area contributed by atoms with E-state index in [-0.39, 0.29) is 0 Å². The molecule has 1 nitrogen and oxygen atoms in total. The highest BCUT2D eigenvalue weighted by atomic mass is 32.1. The van der Waals surface area contributed by atoms with Gasteiger partial charge in [-0.3, -0.25) is 4.79 Å². The van der Waals surface area contributed by atoms with Gasteiger partial charge in [0.1, 0.15) is 0 Å². The summed E-state index contributed by atoms with van der Waals surface area (Å²) in [5, 5.41) is 0. The maximum absolute atomic E-state index is 10.5. The topological polar surface area (TPSA) is 17.1 Å². The molecule has 0 amide bonds. The molecule has 0 saturated heterocycles. The number of hydrogen-bond donors (Lipinski definition) is 0. The Hall–Kier alpha value is -1.41. The molecular weight excluding hydrogens is 204 g/mol. The lowest BCUT2D eigenvalue weighted by Gasteiger charge is -2.02. The van der Waals surface area contributed by atoms with E-state index in [1.807, 2.05) is 18.2 Å². The van der Waals surface area contributed by atoms with Crippen LogP contribution in [0.15, 0.2) is 36.4 Å². The van der Waals surface area contributed by atoms with Crippen LogP contribution >= 0.6 is 11.3 Å². The summed E-state index contributed by atoms with van der Waals surface area (Å²) in [6.45, 7) is 2.11. The normalized spacial score (nSPS) is 10.2. The molecule has 0 aliphatic carbocycles. The molecule has 0 atom stereocenters. The van der Waals surface area contributed by atoms with E-state index in [2.05, 4.69) is 25.1 Å². The fourth-order valence-electron chi connectivity index (χ4n) is 1.55. The van der Waals surface area contributed by atoms with Crippen LogP contribution in [0.2, 0.25) is 0 Å². The predicted molar refractivity (Wildman–Crippen MR) is 63.7 cm³/mol. The van der Waals surface area contributed by atoms with Gasteiger partial charge in [-0.25, -0.2) is 0 Å². The Morgan fingerprint density at radius 1 is 1.20 bits per heavy atom. The Labute approximate surface area is 93.4 Å². The highest BCUT2D eigenvalue weighted by molar-refractivity contribution is 7.13. The average Bonchev–Trinajstić information content (AvgIpc) is 2.69. The lowest BCUT2D eigenvalue weighted by atomic mass is 10.1. The maximum Gasteiger partial charge on any atom is 0.160 e. The van der Waals surface area contributed by atoms with Crippen molar-refractivity contribution in [1.82, 2.24) is 0 Å². The molecule has 1 aromatic heterocycles. The van der Waals surface area contributed by atoms with E-state index in [9.17, 15) is 4.79 Å². The standard InChI is InChI=1S/C13H12OS/c1-10-4-2-3-5-11(10)8-12-6-7-13(9-14)15-12/h2-7,9H,8H2,1H3. The van der Waals surface area contributed by atoms with Crippen molar-refractivity contribution >= 4 is 17.6 Å². The number of thiophene rings is 1. The molecular formula is C13H12OS. The Morgan fingerprint density at radius 2 is 2.00 bits per heavy atom. The monoisotopic (exact) mass is 216 g/mol. The molecule has 15 heavy (non-hydrogen) atoms. The summed E-state index contributed by atoms with van der Waals surface area (Å²) < 4.78 is 0. The third kappa shape index (κ3) is 2.34. The molecule has 2 rings (SSSR count). The number of carbonyl (C=O) groups is 1. The van der Waals surface area contributed by atoms with Gasteiger partial charge in [-0.2, -0.15) is 0 Å². The maximum atomic E-state index is 10.5. The van der Waals surface area contributed by atoms with E-state index in [0.717, 1.165) is 17.6 Å². The molecule has 0 aliphatic heterocycles. The summed E-state index contributed by atoms with van der Waals surface area (Å²) >= 11 is 1.57. The smallest absolute Gasteiger partial charge is 0.160 e. The van der Waals surface area contributed by atoms with Crippen LogP contribution in [-0.2, 0) is 6.42 Å². The molecule has 76 valence electrons. The second kappa shape index (κ2) is 4.41. The van der Waals surface area contributed by atoms with Crippen LogP contribution in [0.3, 0.4) is 0 Å². The summed E-state index contributed by atoms with van der Waals surface area (Å²) in [7, 11) is 0. The van der Waals surface area contributed by atoms with Crippen LogP contribution in [0.5, 0.6) is 0 Å². The van der Waals surface area contributed by atoms with E-state index < -0.39 is 0 Å². The first-order valence-corrected chi connectivity index (χ1v) is 5.69. The number of rotatable bonds is 3. The summed E-state index contributed by atoms with van der Waals surface area (Å²) in [6, 6.07) is 12.3. The lowest BCUT2D eigenvalue weighted by molar-refractivity contribution is 0.112. The van der Waals surface area contributed by atoms with Crippen LogP contribution in [0.4, 0.5) is 0 Å². The largest absolute Gasteiger partial charge is 0.297 e. The molecule has 0 unspecified atom stereocenters. The van der Waals surface area contributed by atoms with Gasteiger partial charge < -0.3 is 0 Å². The van der Waals surface area contributed by atoms with Gasteiger partial charge in [0.05, 0.1) is 4.88 Å². The summed E-state index contributed by atoms with van der Waals surface area (Å²) in [6.07, 6.45) is 1.83. The quantitative estimate of drug-likeness (QED) is 0.718. The minimum atomic E-state index is 0.804. The number of hydrogen-bond acceptors (Lipinski definition) is 2. The lowest BCUT2D eigenvalue weighted by Crippen LogP contribution is -1.87. The summed E-state index contributed by atoms with van der Waals surface area (Å²) in [5.41, 5.74) is 2.63. The molecule has 0 spiro atoms. The molecule has 0 radical (unpaired) electrons. The average molecular weight is 216 g/mol. The number of aryl methyl sites for hydroxylation is 1. The Bertz CT molecular complexity index is 471. The number of carbonyl (C=O) groups excluding carboxylic acids is 1. The van der Waals surface area contributed by atoms with Crippen molar-refractivity contribution in [3.8, 4) is 0 Å². The Kier molecular flexibility index (Phi) is 2.97. The fourth-order valence-corrected chi connectivity index (χ4v) is 2.40. The van der Waals surface area contributed by atoms with E-state index in [0.29, 0.717) is 0 Å². The molecule has 1 heterocycles. The first kappa shape index (κ1) is 10.1. The predicted octanol–water partition coefficient (Wildman–Crippen LogP) is 3.46. The van der Waals surface area contributed by atoms with Gasteiger partial charge in [-0.15, -0.1) is 11.3 Å². The highest BCUT2D eigenvalue weighted by Crippen LogP contribution is 2.20. The van der Waals surface area contributed by atoms with Gasteiger partial charge in [0, 0.05) is 11.3 Å². The fraction of sp³-hybridized carbons (Fsp3) is 0.154. The van der Waals surface area contributed by atoms with Crippen molar-refractivity contribution in [1.29, 1.82) is 0 Å². The second-order valence-electron chi connectivity index (χ2n) is 3.53. The van der Waals surface area contributed by atoms with Crippen LogP contribution in [0.1, 0.15) is 25.7 Å². The van der Waals surface area contributed by atoms with Gasteiger partial charge >= 0.3 is 0 Å². The van der Waals surface area contributed by atoms with E-state index in [1.54, 1.807) is 11.3 Å². The first-order chi connectivity index (χ1) is 7.29. The Morgan fingerprint density at radius 3 is 2.67 bits per heavy atom. The highest BCUT2D eigenvalue weighted by Gasteiger charge is 2.02. The molecule has 2 aromatic rings. The van der Waals surface area contributed by atoms with Crippen molar-refractivity contribution in [3.05, 3.63) is 57.3 Å². The van der Waals surface area contributed by atoms with Gasteiger partial charge in [-0.1, -0.05) is 24.3 Å². The van der Waals surface area contributed by atoms with Crippen molar-refractivity contribution in [2.75, 3.05) is 0 Å². The van der Waals surface area contributed by atoms with Gasteiger partial charge in [-0.05, 0) is 30.2 Å². The van der Waals surface area contributed by atoms with E-state index >= 15 is 0 Å². The minimum Gasteiger partial charge on any atom is -0.297 e. The molecule has 0 saturated carbocycles. The third-order valence-electron chi connectivity index (χ3n) is 2.42. The van der Waals surface area contributed by atoms with Crippen LogP contribution in [0.25, 0.3) is 0 Å². The minimum absolute atomic E-state index is 0.804. The van der Waals surface area contributed by atoms with Crippen LogP contribution < -0.4 is 0 Å². The zero-order valence-corrected chi connectivity index (χ0v) is 9.38. The van der Waals surface area contributed by atoms with Gasteiger partial charge in [0.25, 0.3) is 0 Å². The molecule has 0 fully saturated rings. The molecule has 2 heteroatoms. The molecule has 1 aromatic carbocycles. The zero-order valence-electron chi connectivity index (χ0n) is 8.57. The van der Waals surface area contributed by atoms with Crippen LogP contribution in [0, 0.1) is 6.92 Å². The molecule has 0 bridgehead atoms. The van der Waals surface area contributed by atoms with E-state index in [1.165, 1.54) is 16.0 Å². The SMILES string of the molecule is Cc1ccccc1Cc1ccc(C=O)s1. The second-order valence-corrected chi connectivity index (χ2v) is 4.73. The molecule has 0 N–H and O–H groups in total. The van der Waals surface area contributed by atoms with E-state index in [4.69, 9.17) is 0 Å². The summed E-state index contributed by atoms with van der Waals surface area (Å²) in [4.78, 5) is 12.6.